The monoisotopic (exact) mass is 390 g/mol. The van der Waals surface area contributed by atoms with Crippen molar-refractivity contribution >= 4 is 17.7 Å². The SMILES string of the molecule is COc1ccc(CN2CCNC(=O)[C@H]2CC(=O)N2CCNC(=O)C2)c(OC)c1. The largest absolute Gasteiger partial charge is 0.497 e. The van der Waals surface area contributed by atoms with E-state index in [1.54, 1.807) is 20.3 Å². The molecule has 9 nitrogen and oxygen atoms in total. The summed E-state index contributed by atoms with van der Waals surface area (Å²) >= 11 is 0. The molecule has 1 atom stereocenters. The summed E-state index contributed by atoms with van der Waals surface area (Å²) in [5.41, 5.74) is 0.910. The van der Waals surface area contributed by atoms with Gasteiger partial charge in [-0.3, -0.25) is 19.3 Å². The molecule has 0 spiro atoms. The average molecular weight is 390 g/mol. The summed E-state index contributed by atoms with van der Waals surface area (Å²) in [5.74, 6) is 0.819. The highest BCUT2D eigenvalue weighted by Gasteiger charge is 2.34. The van der Waals surface area contributed by atoms with E-state index in [0.717, 1.165) is 5.56 Å². The van der Waals surface area contributed by atoms with Gasteiger partial charge in [-0.05, 0) is 6.07 Å². The van der Waals surface area contributed by atoms with Crippen LogP contribution in [0.4, 0.5) is 0 Å². The Kier molecular flexibility index (Phi) is 6.35. The first kappa shape index (κ1) is 19.9. The molecular formula is C19H26N4O5. The lowest BCUT2D eigenvalue weighted by molar-refractivity contribution is -0.142. The molecule has 2 saturated heterocycles. The Morgan fingerprint density at radius 3 is 2.64 bits per heavy atom. The molecule has 1 aromatic rings. The fraction of sp³-hybridized carbons (Fsp3) is 0.526. The van der Waals surface area contributed by atoms with Crippen molar-refractivity contribution in [3.8, 4) is 11.5 Å². The number of ether oxygens (including phenoxy) is 2. The number of nitrogens with zero attached hydrogens (tertiary/aromatic N) is 2. The zero-order valence-electron chi connectivity index (χ0n) is 16.2. The summed E-state index contributed by atoms with van der Waals surface area (Å²) in [6.45, 7) is 2.56. The van der Waals surface area contributed by atoms with Gasteiger partial charge in [-0.1, -0.05) is 6.07 Å². The van der Waals surface area contributed by atoms with E-state index in [4.69, 9.17) is 9.47 Å². The highest BCUT2D eigenvalue weighted by molar-refractivity contribution is 5.91. The molecule has 9 heteroatoms. The van der Waals surface area contributed by atoms with Crippen molar-refractivity contribution in [1.29, 1.82) is 0 Å². The van der Waals surface area contributed by atoms with E-state index >= 15 is 0 Å². The van der Waals surface area contributed by atoms with E-state index in [1.807, 2.05) is 17.0 Å². The standard InChI is InChI=1S/C19H26N4O5/c1-27-14-4-3-13(16(9-14)28-2)11-22-7-6-21-19(26)15(22)10-18(25)23-8-5-20-17(24)12-23/h3-4,9,15H,5-8,10-12H2,1-2H3,(H,20,24)(H,21,26)/t15-/m1/s1. The molecule has 0 radical (unpaired) electrons. The van der Waals surface area contributed by atoms with Crippen LogP contribution in [-0.2, 0) is 20.9 Å². The van der Waals surface area contributed by atoms with Crippen LogP contribution in [0.5, 0.6) is 11.5 Å². The third kappa shape index (κ3) is 4.53. The lowest BCUT2D eigenvalue weighted by atomic mass is 10.1. The van der Waals surface area contributed by atoms with Gasteiger partial charge in [-0.25, -0.2) is 0 Å². The van der Waals surface area contributed by atoms with Gasteiger partial charge in [0, 0.05) is 44.4 Å². The fourth-order valence-corrected chi connectivity index (χ4v) is 3.52. The molecule has 2 aliphatic heterocycles. The van der Waals surface area contributed by atoms with E-state index in [2.05, 4.69) is 10.6 Å². The quantitative estimate of drug-likeness (QED) is 0.670. The number of hydrogen-bond donors (Lipinski definition) is 2. The van der Waals surface area contributed by atoms with Gasteiger partial charge in [0.15, 0.2) is 0 Å². The van der Waals surface area contributed by atoms with Crippen LogP contribution in [0.1, 0.15) is 12.0 Å². The first-order chi connectivity index (χ1) is 13.5. The Hall–Kier alpha value is -2.81. The second-order valence-electron chi connectivity index (χ2n) is 6.82. The van der Waals surface area contributed by atoms with Crippen LogP contribution in [0, 0.1) is 0 Å². The molecule has 2 heterocycles. The minimum atomic E-state index is -0.585. The first-order valence-corrected chi connectivity index (χ1v) is 9.29. The Morgan fingerprint density at radius 2 is 1.93 bits per heavy atom. The smallest absolute Gasteiger partial charge is 0.239 e. The molecule has 2 aliphatic rings. The van der Waals surface area contributed by atoms with Crippen molar-refractivity contribution in [3.05, 3.63) is 23.8 Å². The molecule has 0 bridgehead atoms. The highest BCUT2D eigenvalue weighted by atomic mass is 16.5. The van der Waals surface area contributed by atoms with E-state index in [0.29, 0.717) is 44.2 Å². The Morgan fingerprint density at radius 1 is 1.14 bits per heavy atom. The molecule has 1 aromatic carbocycles. The highest BCUT2D eigenvalue weighted by Crippen LogP contribution is 2.27. The first-order valence-electron chi connectivity index (χ1n) is 9.29. The Labute approximate surface area is 163 Å². The maximum atomic E-state index is 12.7. The molecule has 0 unspecified atom stereocenters. The van der Waals surface area contributed by atoms with Crippen molar-refractivity contribution in [2.45, 2.75) is 19.0 Å². The van der Waals surface area contributed by atoms with Crippen LogP contribution >= 0.6 is 0 Å². The lowest BCUT2D eigenvalue weighted by Gasteiger charge is -2.36. The van der Waals surface area contributed by atoms with Crippen LogP contribution in [0.25, 0.3) is 0 Å². The van der Waals surface area contributed by atoms with Crippen LogP contribution in [0.2, 0.25) is 0 Å². The average Bonchev–Trinajstić information content (AvgIpc) is 2.70. The third-order valence-electron chi connectivity index (χ3n) is 5.07. The van der Waals surface area contributed by atoms with Gasteiger partial charge in [0.2, 0.25) is 17.7 Å². The molecule has 3 amide bonds. The van der Waals surface area contributed by atoms with E-state index < -0.39 is 6.04 Å². The minimum Gasteiger partial charge on any atom is -0.497 e. The molecule has 0 aliphatic carbocycles. The molecule has 3 rings (SSSR count). The fourth-order valence-electron chi connectivity index (χ4n) is 3.52. The topological polar surface area (TPSA) is 100 Å². The van der Waals surface area contributed by atoms with Gasteiger partial charge in [0.05, 0.1) is 33.2 Å². The molecule has 152 valence electrons. The maximum Gasteiger partial charge on any atom is 0.239 e. The number of benzene rings is 1. The van der Waals surface area contributed by atoms with Gasteiger partial charge in [-0.2, -0.15) is 0 Å². The van der Waals surface area contributed by atoms with Crippen LogP contribution in [0.15, 0.2) is 18.2 Å². The second-order valence-corrected chi connectivity index (χ2v) is 6.82. The Bertz CT molecular complexity index is 754. The maximum absolute atomic E-state index is 12.7. The van der Waals surface area contributed by atoms with Crippen LogP contribution < -0.4 is 20.1 Å². The zero-order valence-corrected chi connectivity index (χ0v) is 16.2. The molecule has 0 aromatic heterocycles. The summed E-state index contributed by atoms with van der Waals surface area (Å²) in [4.78, 5) is 40.2. The molecule has 0 saturated carbocycles. The summed E-state index contributed by atoms with van der Waals surface area (Å²) in [7, 11) is 3.18. The number of nitrogens with one attached hydrogen (secondary N) is 2. The van der Waals surface area contributed by atoms with E-state index in [9.17, 15) is 14.4 Å². The van der Waals surface area contributed by atoms with Crippen molar-refractivity contribution in [3.63, 3.8) is 0 Å². The number of carbonyl (C=O) groups excluding carboxylic acids is 3. The number of hydrogen-bond acceptors (Lipinski definition) is 6. The van der Waals surface area contributed by atoms with Gasteiger partial charge in [0.1, 0.15) is 11.5 Å². The second kappa shape index (κ2) is 8.92. The number of amides is 3. The van der Waals surface area contributed by atoms with Crippen molar-refractivity contribution in [1.82, 2.24) is 20.4 Å². The molecule has 2 N–H and O–H groups in total. The summed E-state index contributed by atoms with van der Waals surface area (Å²) in [6.07, 6.45) is 0.0393. The van der Waals surface area contributed by atoms with Crippen LogP contribution in [-0.4, -0.2) is 80.5 Å². The predicted molar refractivity (Wildman–Crippen MR) is 101 cm³/mol. The van der Waals surface area contributed by atoms with E-state index in [1.165, 1.54) is 4.90 Å². The van der Waals surface area contributed by atoms with Gasteiger partial charge in [-0.15, -0.1) is 0 Å². The number of methoxy groups -OCH3 is 2. The lowest BCUT2D eigenvalue weighted by Crippen LogP contribution is -2.57. The van der Waals surface area contributed by atoms with Crippen molar-refractivity contribution < 1.29 is 23.9 Å². The summed E-state index contributed by atoms with van der Waals surface area (Å²) in [6, 6.07) is 4.95. The summed E-state index contributed by atoms with van der Waals surface area (Å²) in [5, 5.41) is 5.53. The predicted octanol–water partition coefficient (Wildman–Crippen LogP) is -0.647. The van der Waals surface area contributed by atoms with Gasteiger partial charge >= 0.3 is 0 Å². The van der Waals surface area contributed by atoms with E-state index in [-0.39, 0.29) is 30.7 Å². The minimum absolute atomic E-state index is 0.0393. The third-order valence-corrected chi connectivity index (χ3v) is 5.07. The summed E-state index contributed by atoms with van der Waals surface area (Å²) < 4.78 is 10.7. The van der Waals surface area contributed by atoms with Crippen LogP contribution in [0.3, 0.4) is 0 Å². The number of carbonyl (C=O) groups is 3. The van der Waals surface area contributed by atoms with Crippen molar-refractivity contribution in [2.75, 3.05) is 46.9 Å². The van der Waals surface area contributed by atoms with Gasteiger partial charge in [0.25, 0.3) is 0 Å². The molecule has 2 fully saturated rings. The zero-order chi connectivity index (χ0) is 20.1. The van der Waals surface area contributed by atoms with Gasteiger partial charge < -0.3 is 25.0 Å². The molecular weight excluding hydrogens is 364 g/mol. The normalized spacial score (nSPS) is 20.4. The molecule has 28 heavy (non-hydrogen) atoms. The number of piperazine rings is 2. The number of rotatable bonds is 6. The van der Waals surface area contributed by atoms with Crippen molar-refractivity contribution in [2.24, 2.45) is 0 Å². The Balaban J connectivity index is 1.73.